The van der Waals surface area contributed by atoms with Crippen LogP contribution in [-0.4, -0.2) is 58.7 Å². The van der Waals surface area contributed by atoms with Crippen LogP contribution in [0.4, 0.5) is 0 Å². The second-order valence-corrected chi connectivity index (χ2v) is 7.28. The van der Waals surface area contributed by atoms with E-state index in [1.807, 2.05) is 0 Å². The van der Waals surface area contributed by atoms with Crippen LogP contribution in [-0.2, 0) is 20.8 Å². The molecule has 0 fully saturated rings. The van der Waals surface area contributed by atoms with E-state index < -0.39 is 17.6 Å². The number of rotatable bonds is 12. The largest absolute Gasteiger partial charge is 0.508 e. The Balaban J connectivity index is 2.66. The molecule has 4 atom stereocenters. The van der Waals surface area contributed by atoms with Crippen LogP contribution in [0.25, 0.3) is 0 Å². The molecular weight excluding hydrogens is 356 g/mol. The first-order valence-electron chi connectivity index (χ1n) is 8.29. The first-order valence-corrected chi connectivity index (χ1v) is 8.81. The van der Waals surface area contributed by atoms with Gasteiger partial charge in [-0.2, -0.15) is 12.6 Å². The topological polar surface area (TPSA) is 116 Å². The Hall–Kier alpha value is -1.90. The Morgan fingerprint density at radius 2 is 1.92 bits per heavy atom. The quantitative estimate of drug-likeness (QED) is 0.266. The molecule has 1 aromatic carbocycles. The van der Waals surface area contributed by atoms with Crippen LogP contribution in [0.3, 0.4) is 0 Å². The lowest BCUT2D eigenvalue weighted by molar-refractivity contribution is -0.139. The van der Waals surface area contributed by atoms with Crippen molar-refractivity contribution in [1.82, 2.24) is 10.6 Å². The molecule has 26 heavy (non-hydrogen) atoms. The molecule has 4 N–H and O–H groups in total. The van der Waals surface area contributed by atoms with Gasteiger partial charge in [0.1, 0.15) is 24.4 Å². The zero-order valence-corrected chi connectivity index (χ0v) is 15.8. The van der Waals surface area contributed by atoms with Crippen LogP contribution < -0.4 is 10.6 Å². The third kappa shape index (κ3) is 7.15. The van der Waals surface area contributed by atoms with Crippen molar-refractivity contribution in [3.63, 3.8) is 0 Å². The van der Waals surface area contributed by atoms with Gasteiger partial charge in [-0.1, -0.05) is 19.1 Å². The van der Waals surface area contributed by atoms with Crippen molar-refractivity contribution in [2.24, 2.45) is 5.92 Å². The Labute approximate surface area is 158 Å². The zero-order chi connectivity index (χ0) is 19.7. The Morgan fingerprint density at radius 3 is 2.42 bits per heavy atom. The van der Waals surface area contributed by atoms with E-state index in [-0.39, 0.29) is 29.9 Å². The minimum Gasteiger partial charge on any atom is -0.508 e. The van der Waals surface area contributed by atoms with Crippen LogP contribution in [0, 0.1) is 5.92 Å². The molecule has 1 rings (SSSR count). The van der Waals surface area contributed by atoms with Gasteiger partial charge in [0.15, 0.2) is 0 Å². The lowest BCUT2D eigenvalue weighted by atomic mass is 10.0. The standard InChI is InChI=1S/C18H26N2O5S/c1-12(9-21)16(26)8-20-18(2,11-22)10-19-15(17(24)25)7-13-3-5-14(23)6-4-13/h3-6,9,11-12,15-16,19-20,23,26H,7-8,10H2,1-2H3,(H,24,25)/t12?,15-,16?,18?/m0/s1. The summed E-state index contributed by atoms with van der Waals surface area (Å²) < 4.78 is 0. The molecule has 0 spiro atoms. The van der Waals surface area contributed by atoms with Gasteiger partial charge in [-0.3, -0.25) is 4.79 Å². The third-order valence-corrected chi connectivity index (χ3v) is 4.84. The molecule has 144 valence electrons. The van der Waals surface area contributed by atoms with Gasteiger partial charge in [-0.25, -0.2) is 0 Å². The first-order chi connectivity index (χ1) is 12.2. The smallest absolute Gasteiger partial charge is 0.321 e. The molecule has 0 saturated carbocycles. The number of hydrogen-bond donors (Lipinski definition) is 5. The molecule has 3 unspecified atom stereocenters. The summed E-state index contributed by atoms with van der Waals surface area (Å²) in [5.41, 5.74) is -0.245. The molecule has 8 heteroatoms. The van der Waals surface area contributed by atoms with Crippen LogP contribution in [0.2, 0.25) is 0 Å². The summed E-state index contributed by atoms with van der Waals surface area (Å²) in [6.07, 6.45) is 1.72. The minimum absolute atomic E-state index is 0.0987. The summed E-state index contributed by atoms with van der Waals surface area (Å²) in [5, 5.41) is 24.4. The molecule has 0 aliphatic carbocycles. The van der Waals surface area contributed by atoms with Gasteiger partial charge in [0.25, 0.3) is 0 Å². The van der Waals surface area contributed by atoms with Gasteiger partial charge in [0.2, 0.25) is 0 Å². The van der Waals surface area contributed by atoms with Crippen LogP contribution >= 0.6 is 12.6 Å². The summed E-state index contributed by atoms with van der Waals surface area (Å²) in [6.45, 7) is 3.82. The number of carboxylic acids is 1. The van der Waals surface area contributed by atoms with Crippen molar-refractivity contribution >= 4 is 31.2 Å². The average molecular weight is 382 g/mol. The number of carbonyl (C=O) groups is 3. The fourth-order valence-electron chi connectivity index (χ4n) is 2.21. The van der Waals surface area contributed by atoms with Crippen molar-refractivity contribution in [2.45, 2.75) is 37.1 Å². The molecule has 0 amide bonds. The predicted octanol–water partition coefficient (Wildman–Crippen LogP) is 0.658. The van der Waals surface area contributed by atoms with Crippen LogP contribution in [0.15, 0.2) is 24.3 Å². The number of aliphatic carboxylic acids is 1. The fraction of sp³-hybridized carbons (Fsp3) is 0.500. The summed E-state index contributed by atoms with van der Waals surface area (Å²) >= 11 is 4.33. The lowest BCUT2D eigenvalue weighted by Crippen LogP contribution is -2.56. The first kappa shape index (κ1) is 22.1. The van der Waals surface area contributed by atoms with Crippen molar-refractivity contribution in [3.8, 4) is 5.75 Å². The van der Waals surface area contributed by atoms with Gasteiger partial charge in [0, 0.05) is 24.3 Å². The highest BCUT2D eigenvalue weighted by Crippen LogP contribution is 2.12. The molecule has 0 radical (unpaired) electrons. The molecule has 0 heterocycles. The van der Waals surface area contributed by atoms with E-state index in [0.717, 1.165) is 11.8 Å². The molecular formula is C18H26N2O5S. The van der Waals surface area contributed by atoms with E-state index in [0.29, 0.717) is 12.8 Å². The van der Waals surface area contributed by atoms with Gasteiger partial charge in [0.05, 0.1) is 5.54 Å². The number of aldehydes is 2. The Kier molecular flexibility index (Phi) is 8.77. The molecule has 0 aliphatic rings. The van der Waals surface area contributed by atoms with Crippen molar-refractivity contribution < 1.29 is 24.6 Å². The molecule has 0 bridgehead atoms. The molecule has 0 aliphatic heterocycles. The maximum Gasteiger partial charge on any atom is 0.321 e. The summed E-state index contributed by atoms with van der Waals surface area (Å²) in [6, 6.07) is 5.40. The summed E-state index contributed by atoms with van der Waals surface area (Å²) in [7, 11) is 0. The van der Waals surface area contributed by atoms with Gasteiger partial charge < -0.3 is 30.4 Å². The van der Waals surface area contributed by atoms with Crippen LogP contribution in [0.5, 0.6) is 5.75 Å². The Bertz CT molecular complexity index is 610. The monoisotopic (exact) mass is 382 g/mol. The van der Waals surface area contributed by atoms with Crippen molar-refractivity contribution in [1.29, 1.82) is 0 Å². The van der Waals surface area contributed by atoms with Crippen molar-refractivity contribution in [3.05, 3.63) is 29.8 Å². The van der Waals surface area contributed by atoms with Crippen LogP contribution in [0.1, 0.15) is 19.4 Å². The lowest BCUT2D eigenvalue weighted by Gasteiger charge is -2.29. The highest BCUT2D eigenvalue weighted by atomic mass is 32.1. The SMILES string of the molecule is CC(C=O)C(S)CNC(C)(C=O)CN[C@@H](Cc1ccc(O)cc1)C(=O)O. The van der Waals surface area contributed by atoms with E-state index in [1.54, 1.807) is 26.0 Å². The Morgan fingerprint density at radius 1 is 1.31 bits per heavy atom. The number of phenolic OH excluding ortho intramolecular Hbond substituents is 1. The number of hydrogen-bond acceptors (Lipinski definition) is 7. The zero-order valence-electron chi connectivity index (χ0n) is 14.9. The number of phenols is 1. The number of benzene rings is 1. The predicted molar refractivity (Wildman–Crippen MR) is 102 cm³/mol. The highest BCUT2D eigenvalue weighted by Gasteiger charge is 2.28. The van der Waals surface area contributed by atoms with Gasteiger partial charge in [-0.15, -0.1) is 0 Å². The van der Waals surface area contributed by atoms with Gasteiger partial charge in [-0.05, 0) is 31.0 Å². The third-order valence-electron chi connectivity index (χ3n) is 4.19. The summed E-state index contributed by atoms with van der Waals surface area (Å²) in [5.74, 6) is -1.19. The fourth-order valence-corrected chi connectivity index (χ4v) is 2.37. The maximum absolute atomic E-state index is 11.5. The highest BCUT2D eigenvalue weighted by molar-refractivity contribution is 7.81. The van der Waals surface area contributed by atoms with E-state index in [4.69, 9.17) is 0 Å². The van der Waals surface area contributed by atoms with E-state index >= 15 is 0 Å². The maximum atomic E-state index is 11.5. The average Bonchev–Trinajstić information content (AvgIpc) is 2.63. The van der Waals surface area contributed by atoms with Gasteiger partial charge >= 0.3 is 5.97 Å². The minimum atomic E-state index is -1.03. The number of aromatic hydroxyl groups is 1. The normalized spacial score (nSPS) is 16.9. The molecule has 0 aromatic heterocycles. The number of carboxylic acid groups (broad SMARTS) is 1. The van der Waals surface area contributed by atoms with Crippen molar-refractivity contribution in [2.75, 3.05) is 13.1 Å². The number of nitrogens with one attached hydrogen (secondary N) is 2. The van der Waals surface area contributed by atoms with E-state index in [9.17, 15) is 24.6 Å². The second kappa shape index (κ2) is 10.3. The molecule has 0 saturated heterocycles. The number of thiol groups is 1. The second-order valence-electron chi connectivity index (χ2n) is 6.62. The van der Waals surface area contributed by atoms with E-state index in [2.05, 4.69) is 23.3 Å². The number of carbonyl (C=O) groups excluding carboxylic acids is 2. The molecule has 7 nitrogen and oxygen atoms in total. The van der Waals surface area contributed by atoms with E-state index in [1.165, 1.54) is 12.1 Å². The summed E-state index contributed by atoms with van der Waals surface area (Å²) in [4.78, 5) is 33.8. The molecule has 1 aromatic rings.